The predicted octanol–water partition coefficient (Wildman–Crippen LogP) is 2.62. The van der Waals surface area contributed by atoms with Gasteiger partial charge in [-0.3, -0.25) is 4.79 Å². The van der Waals surface area contributed by atoms with Crippen molar-refractivity contribution >= 4 is 5.97 Å². The van der Waals surface area contributed by atoms with Crippen molar-refractivity contribution in [2.75, 3.05) is 6.61 Å². The number of aliphatic hydroxyl groups excluding tert-OH is 1. The van der Waals surface area contributed by atoms with E-state index in [2.05, 4.69) is 20.8 Å². The molecule has 1 N–H and O–H groups in total. The van der Waals surface area contributed by atoms with Gasteiger partial charge >= 0.3 is 5.97 Å². The van der Waals surface area contributed by atoms with Gasteiger partial charge in [0.2, 0.25) is 0 Å². The van der Waals surface area contributed by atoms with E-state index < -0.39 is 5.92 Å². The van der Waals surface area contributed by atoms with E-state index in [0.29, 0.717) is 17.8 Å². The molecular formula is C14H26O3. The zero-order valence-corrected chi connectivity index (χ0v) is 11.5. The van der Waals surface area contributed by atoms with Gasteiger partial charge in [-0.1, -0.05) is 27.2 Å². The van der Waals surface area contributed by atoms with E-state index in [1.807, 2.05) is 0 Å². The Morgan fingerprint density at radius 2 is 2.00 bits per heavy atom. The summed E-state index contributed by atoms with van der Waals surface area (Å²) in [5.41, 5.74) is 0. The van der Waals surface area contributed by atoms with Gasteiger partial charge in [0, 0.05) is 0 Å². The van der Waals surface area contributed by atoms with E-state index in [1.165, 1.54) is 6.42 Å². The molecule has 0 radical (unpaired) electrons. The van der Waals surface area contributed by atoms with Crippen LogP contribution in [0.3, 0.4) is 0 Å². The highest BCUT2D eigenvalue weighted by Crippen LogP contribution is 2.35. The van der Waals surface area contributed by atoms with Gasteiger partial charge in [-0.15, -0.1) is 0 Å². The highest BCUT2D eigenvalue weighted by atomic mass is 16.5. The number of hydrogen-bond acceptors (Lipinski definition) is 3. The average Bonchev–Trinajstić information content (AvgIpc) is 2.27. The summed E-state index contributed by atoms with van der Waals surface area (Å²) in [4.78, 5) is 11.7. The van der Waals surface area contributed by atoms with Crippen LogP contribution in [0.4, 0.5) is 0 Å². The maximum atomic E-state index is 11.7. The normalized spacial score (nSPS) is 31.3. The minimum atomic E-state index is -0.403. The second-order valence-electron chi connectivity index (χ2n) is 5.89. The standard InChI is InChI=1S/C14H26O3/c1-9(2)12-6-5-10(3)7-13(12)17-14(16)11(4)8-15/h9-13,15H,5-8H2,1-4H3/t10-,11?,12+,13-/m0/s1. The SMILES string of the molecule is CC(CO)C(=O)O[C@H]1C[C@@H](C)CC[C@@H]1C(C)C. The fourth-order valence-electron chi connectivity index (χ4n) is 2.59. The Morgan fingerprint density at radius 3 is 2.53 bits per heavy atom. The zero-order valence-electron chi connectivity index (χ0n) is 11.5. The first-order valence-corrected chi connectivity index (χ1v) is 6.77. The molecule has 0 heterocycles. The molecule has 1 rings (SSSR count). The largest absolute Gasteiger partial charge is 0.462 e. The van der Waals surface area contributed by atoms with Crippen molar-refractivity contribution in [3.8, 4) is 0 Å². The lowest BCUT2D eigenvalue weighted by Gasteiger charge is -2.37. The third-order valence-electron chi connectivity index (χ3n) is 3.91. The first kappa shape index (κ1) is 14.5. The predicted molar refractivity (Wildman–Crippen MR) is 67.5 cm³/mol. The lowest BCUT2D eigenvalue weighted by molar-refractivity contribution is -0.161. The van der Waals surface area contributed by atoms with Crippen LogP contribution in [0.15, 0.2) is 0 Å². The minimum Gasteiger partial charge on any atom is -0.462 e. The molecule has 0 bridgehead atoms. The first-order valence-electron chi connectivity index (χ1n) is 6.77. The monoisotopic (exact) mass is 242 g/mol. The lowest BCUT2D eigenvalue weighted by atomic mass is 9.75. The van der Waals surface area contributed by atoms with Crippen LogP contribution in [0, 0.1) is 23.7 Å². The molecule has 17 heavy (non-hydrogen) atoms. The van der Waals surface area contributed by atoms with Crippen LogP contribution in [0.25, 0.3) is 0 Å². The summed E-state index contributed by atoms with van der Waals surface area (Å²) in [6.07, 6.45) is 3.38. The molecule has 1 fully saturated rings. The van der Waals surface area contributed by atoms with Crippen LogP contribution in [-0.2, 0) is 9.53 Å². The van der Waals surface area contributed by atoms with E-state index in [0.717, 1.165) is 12.8 Å². The number of esters is 1. The summed E-state index contributed by atoms with van der Waals surface area (Å²) in [6, 6.07) is 0. The van der Waals surface area contributed by atoms with E-state index >= 15 is 0 Å². The van der Waals surface area contributed by atoms with Crippen LogP contribution in [0.5, 0.6) is 0 Å². The number of carbonyl (C=O) groups excluding carboxylic acids is 1. The number of rotatable bonds is 4. The van der Waals surface area contributed by atoms with Gasteiger partial charge in [0.25, 0.3) is 0 Å². The third-order valence-corrected chi connectivity index (χ3v) is 3.91. The molecule has 0 aromatic heterocycles. The Hall–Kier alpha value is -0.570. The zero-order chi connectivity index (χ0) is 13.0. The summed E-state index contributed by atoms with van der Waals surface area (Å²) in [7, 11) is 0. The van der Waals surface area contributed by atoms with E-state index in [9.17, 15) is 4.79 Å². The summed E-state index contributed by atoms with van der Waals surface area (Å²) in [5, 5.41) is 8.96. The van der Waals surface area contributed by atoms with Crippen LogP contribution >= 0.6 is 0 Å². The molecule has 3 heteroatoms. The molecule has 0 aliphatic heterocycles. The average molecular weight is 242 g/mol. The van der Waals surface area contributed by atoms with Crippen LogP contribution < -0.4 is 0 Å². The summed E-state index contributed by atoms with van der Waals surface area (Å²) in [6.45, 7) is 8.17. The van der Waals surface area contributed by atoms with Crippen molar-refractivity contribution < 1.29 is 14.6 Å². The number of carbonyl (C=O) groups is 1. The molecule has 100 valence electrons. The Bertz CT molecular complexity index is 250. The van der Waals surface area contributed by atoms with Gasteiger partial charge in [-0.05, 0) is 37.5 Å². The lowest BCUT2D eigenvalue weighted by Crippen LogP contribution is -2.37. The van der Waals surface area contributed by atoms with E-state index in [4.69, 9.17) is 9.84 Å². The van der Waals surface area contributed by atoms with Crippen molar-refractivity contribution in [2.45, 2.75) is 53.1 Å². The molecule has 0 spiro atoms. The Morgan fingerprint density at radius 1 is 1.35 bits per heavy atom. The molecule has 1 aliphatic rings. The van der Waals surface area contributed by atoms with E-state index in [-0.39, 0.29) is 18.7 Å². The molecule has 0 saturated heterocycles. The van der Waals surface area contributed by atoms with Gasteiger partial charge in [0.05, 0.1) is 12.5 Å². The number of ether oxygens (including phenoxy) is 1. The Labute approximate surface area is 105 Å². The summed E-state index contributed by atoms with van der Waals surface area (Å²) >= 11 is 0. The maximum Gasteiger partial charge on any atom is 0.311 e. The highest BCUT2D eigenvalue weighted by Gasteiger charge is 2.34. The molecule has 0 aromatic rings. The topological polar surface area (TPSA) is 46.5 Å². The molecule has 0 aromatic carbocycles. The van der Waals surface area contributed by atoms with E-state index in [1.54, 1.807) is 6.92 Å². The minimum absolute atomic E-state index is 0.0419. The highest BCUT2D eigenvalue weighted by molar-refractivity contribution is 5.72. The molecular weight excluding hydrogens is 216 g/mol. The molecule has 0 amide bonds. The molecule has 4 atom stereocenters. The van der Waals surface area contributed by atoms with Crippen LogP contribution in [0.2, 0.25) is 0 Å². The van der Waals surface area contributed by atoms with Crippen LogP contribution in [0.1, 0.15) is 47.0 Å². The fourth-order valence-corrected chi connectivity index (χ4v) is 2.59. The Balaban J connectivity index is 2.60. The molecule has 1 saturated carbocycles. The Kier molecular flexibility index (Phi) is 5.44. The van der Waals surface area contributed by atoms with Crippen molar-refractivity contribution in [1.29, 1.82) is 0 Å². The maximum absolute atomic E-state index is 11.7. The van der Waals surface area contributed by atoms with Crippen molar-refractivity contribution in [2.24, 2.45) is 23.7 Å². The van der Waals surface area contributed by atoms with Gasteiger partial charge in [-0.25, -0.2) is 0 Å². The summed E-state index contributed by atoms with van der Waals surface area (Å²) in [5.74, 6) is 0.996. The molecule has 1 unspecified atom stereocenters. The smallest absolute Gasteiger partial charge is 0.311 e. The fraction of sp³-hybridized carbons (Fsp3) is 0.929. The third kappa shape index (κ3) is 3.98. The van der Waals surface area contributed by atoms with Gasteiger partial charge in [0.15, 0.2) is 0 Å². The van der Waals surface area contributed by atoms with Gasteiger partial charge in [0.1, 0.15) is 6.10 Å². The number of aliphatic hydroxyl groups is 1. The van der Waals surface area contributed by atoms with Crippen molar-refractivity contribution in [3.63, 3.8) is 0 Å². The summed E-state index contributed by atoms with van der Waals surface area (Å²) < 4.78 is 5.59. The van der Waals surface area contributed by atoms with Crippen molar-refractivity contribution in [1.82, 2.24) is 0 Å². The molecule has 3 nitrogen and oxygen atoms in total. The van der Waals surface area contributed by atoms with Gasteiger partial charge in [-0.2, -0.15) is 0 Å². The van der Waals surface area contributed by atoms with Crippen molar-refractivity contribution in [3.05, 3.63) is 0 Å². The number of hydrogen-bond donors (Lipinski definition) is 1. The first-order chi connectivity index (χ1) is 7.95. The second-order valence-corrected chi connectivity index (χ2v) is 5.89. The van der Waals surface area contributed by atoms with Crippen LogP contribution in [-0.4, -0.2) is 23.8 Å². The second kappa shape index (κ2) is 6.39. The van der Waals surface area contributed by atoms with Gasteiger partial charge < -0.3 is 9.84 Å². The quantitative estimate of drug-likeness (QED) is 0.771. The molecule has 1 aliphatic carbocycles.